The van der Waals surface area contributed by atoms with E-state index in [2.05, 4.69) is 219 Å². The number of halogens is 1. The zero-order valence-corrected chi connectivity index (χ0v) is 52.3. The molecule has 12 aromatic rings. The Balaban J connectivity index is 0.000000217. The molecule has 470 valence electrons. The van der Waals surface area contributed by atoms with Crippen LogP contribution in [0.4, 0.5) is 95.8 Å². The second kappa shape index (κ2) is 33.8. The lowest BCUT2D eigenvalue weighted by atomic mass is 10.1. The summed E-state index contributed by atoms with van der Waals surface area (Å²) in [6, 6.07) is 116. The fourth-order valence-electron chi connectivity index (χ4n) is 10.6. The summed E-state index contributed by atoms with van der Waals surface area (Å²) in [6.45, 7) is 7.64. The van der Waals surface area contributed by atoms with Crippen LogP contribution in [0.1, 0.15) is 48.5 Å². The minimum absolute atomic E-state index is 0. The number of ether oxygens (including phenoxy) is 2. The average molecular weight is 1250 g/mol. The lowest BCUT2D eigenvalue weighted by molar-refractivity contribution is 0.0599. The Kier molecular flexibility index (Phi) is 24.8. The van der Waals surface area contributed by atoms with E-state index in [1.165, 1.54) is 12.8 Å². The van der Waals surface area contributed by atoms with Gasteiger partial charge in [-0.25, -0.2) is 9.69 Å². The van der Waals surface area contributed by atoms with Crippen molar-refractivity contribution in [3.63, 3.8) is 0 Å². The van der Waals surface area contributed by atoms with Crippen LogP contribution >= 0.6 is 12.4 Å². The molecule has 1 aliphatic heterocycles. The summed E-state index contributed by atoms with van der Waals surface area (Å²) in [5, 5.41) is 3.56. The first-order chi connectivity index (χ1) is 44.2. The van der Waals surface area contributed by atoms with Gasteiger partial charge in [0.1, 0.15) is 5.60 Å². The van der Waals surface area contributed by atoms with Crippen LogP contribution in [-0.4, -0.2) is 24.9 Å². The van der Waals surface area contributed by atoms with E-state index in [4.69, 9.17) is 9.47 Å². The summed E-state index contributed by atoms with van der Waals surface area (Å²) >= 11 is 0. The number of anilines is 16. The Bertz CT molecular complexity index is 3640. The predicted octanol–water partition coefficient (Wildman–Crippen LogP) is 24.6. The maximum absolute atomic E-state index is 13.8. The molecule has 1 aliphatic rings. The van der Waals surface area contributed by atoms with E-state index in [1.54, 1.807) is 4.90 Å². The predicted molar refractivity (Wildman–Crippen MR) is 397 cm³/mol. The van der Waals surface area contributed by atoms with E-state index in [0.29, 0.717) is 11.4 Å². The molecule has 1 fully saturated rings. The van der Waals surface area contributed by atoms with Crippen molar-refractivity contribution in [1.82, 2.24) is 0 Å². The normalized spacial score (nSPS) is 11.2. The maximum atomic E-state index is 13.8. The van der Waals surface area contributed by atoms with Gasteiger partial charge >= 0.3 is 6.09 Å². The number of benzene rings is 12. The highest BCUT2D eigenvalue weighted by Gasteiger charge is 2.26. The van der Waals surface area contributed by atoms with Crippen LogP contribution in [0.2, 0.25) is 0 Å². The molecule has 10 heteroatoms. The molecule has 1 amide bonds. The zero-order valence-electron chi connectivity index (χ0n) is 51.5. The van der Waals surface area contributed by atoms with Gasteiger partial charge in [0.2, 0.25) is 0 Å². The van der Waals surface area contributed by atoms with Crippen LogP contribution in [0, 0.1) is 0 Å². The Morgan fingerprint density at radius 2 is 0.484 bits per heavy atom. The van der Waals surface area contributed by atoms with Crippen LogP contribution in [0.15, 0.2) is 340 Å². The van der Waals surface area contributed by atoms with E-state index < -0.39 is 11.7 Å². The van der Waals surface area contributed by atoms with E-state index in [9.17, 15) is 4.79 Å². The van der Waals surface area contributed by atoms with Crippen molar-refractivity contribution >= 4 is 109 Å². The van der Waals surface area contributed by atoms with Gasteiger partial charge in [0.15, 0.2) is 0 Å². The third-order valence-electron chi connectivity index (χ3n) is 14.8. The minimum atomic E-state index is -0.663. The summed E-state index contributed by atoms with van der Waals surface area (Å²) in [4.78, 5) is 24.3. The summed E-state index contributed by atoms with van der Waals surface area (Å²) in [7, 11) is 0. The molecule has 0 aliphatic carbocycles. The highest BCUT2D eigenvalue weighted by atomic mass is 35.5. The van der Waals surface area contributed by atoms with Gasteiger partial charge in [0.05, 0.1) is 11.4 Å². The number of carbonyl (C=O) groups excluding carboxylic acids is 1. The molecule has 0 saturated carbocycles. The fourth-order valence-corrected chi connectivity index (χ4v) is 10.6. The fraction of sp³-hybridized carbons (Fsp3) is 0.120. The molecule has 12 aromatic carbocycles. The van der Waals surface area contributed by atoms with Crippen LogP contribution in [0.3, 0.4) is 0 Å². The molecule has 1 saturated heterocycles. The van der Waals surface area contributed by atoms with Crippen LogP contribution in [-0.2, 0) is 9.47 Å². The van der Waals surface area contributed by atoms with Gasteiger partial charge in [-0.15, -0.1) is 12.4 Å². The summed E-state index contributed by atoms with van der Waals surface area (Å²) < 4.78 is 10.9. The lowest BCUT2D eigenvalue weighted by Crippen LogP contribution is -2.33. The van der Waals surface area contributed by atoms with E-state index in [-0.39, 0.29) is 27.3 Å². The molecule has 93 heavy (non-hydrogen) atoms. The Morgan fingerprint density at radius 1 is 0.301 bits per heavy atom. The van der Waals surface area contributed by atoms with Crippen molar-refractivity contribution in [2.75, 3.05) is 43.0 Å². The molecule has 0 radical (unpaired) electrons. The van der Waals surface area contributed by atoms with Gasteiger partial charge in [-0.2, -0.15) is 0 Å². The summed E-state index contributed by atoms with van der Waals surface area (Å²) in [6.07, 6.45) is 2.11. The Hall–Kier alpha value is -10.8. The molecule has 0 atom stereocenters. The SMILES string of the molecule is C.C.C1CCOC1.CC(C)(C)OC(=O)N(c1ccc(N(c2ccccc2)c2ccccc2)cc1)c1ccc(N(c2ccccc2)c2ccccc2)cc1.Cl.c1ccc(N(c2ccccc2)c2ccc(Nc3ccc(N(c4ccccc4)c4ccccc4)cc3)cc2)cc1. The standard InChI is InChI=1S/C41H37N3O2.C36H29N3.C4H8O.2CH4.ClH/c1-41(2,3)46-40(45)44(38-28-24-36(25-29-38)42(32-16-8-4-9-17-32)33-18-10-5-11-19-33)39-30-26-37(27-31-39)43(34-20-12-6-13-21-34)35-22-14-7-15-23-35;1-5-13-31(14-6-1)38(32-15-7-2-8-16-32)35-25-21-29(22-26-35)37-30-23-27-36(28-24-30)39(33-17-9-3-10-18-33)34-19-11-4-12-20-34;1-2-4-5-3-1;;;/h4-31H,1-3H3;1-28,37H;1-4H2;2*1H4;1H. The van der Waals surface area contributed by atoms with Crippen molar-refractivity contribution in [3.8, 4) is 0 Å². The molecule has 0 unspecified atom stereocenters. The largest absolute Gasteiger partial charge is 0.443 e. The first-order valence-electron chi connectivity index (χ1n) is 30.6. The van der Waals surface area contributed by atoms with Crippen molar-refractivity contribution < 1.29 is 14.3 Å². The van der Waals surface area contributed by atoms with E-state index >= 15 is 0 Å². The third-order valence-corrected chi connectivity index (χ3v) is 14.8. The smallest absolute Gasteiger partial charge is 0.419 e. The van der Waals surface area contributed by atoms with Gasteiger partial charge in [-0.3, -0.25) is 0 Å². The Morgan fingerprint density at radius 3 is 0.667 bits per heavy atom. The first kappa shape index (κ1) is 68.1. The second-order valence-corrected chi connectivity index (χ2v) is 22.4. The number of hydrogen-bond donors (Lipinski definition) is 1. The van der Waals surface area contributed by atoms with Crippen LogP contribution < -0.4 is 29.8 Å². The monoisotopic (exact) mass is 1250 g/mol. The van der Waals surface area contributed by atoms with Gasteiger partial charge in [-0.1, -0.05) is 160 Å². The number of carbonyl (C=O) groups is 1. The molecule has 0 spiro atoms. The molecular formula is C83H83ClN6O3. The molecule has 0 aromatic heterocycles. The first-order valence-corrected chi connectivity index (χ1v) is 30.6. The average Bonchev–Trinajstić information content (AvgIpc) is 2.32. The number of hydrogen-bond acceptors (Lipinski definition) is 8. The Labute approximate surface area is 557 Å². The van der Waals surface area contributed by atoms with E-state index in [0.717, 1.165) is 92.8 Å². The molecular weight excluding hydrogens is 1160 g/mol. The van der Waals surface area contributed by atoms with Crippen LogP contribution in [0.5, 0.6) is 0 Å². The second-order valence-electron chi connectivity index (χ2n) is 22.4. The maximum Gasteiger partial charge on any atom is 0.419 e. The zero-order chi connectivity index (χ0) is 61.7. The highest BCUT2D eigenvalue weighted by molar-refractivity contribution is 5.97. The quantitative estimate of drug-likeness (QED) is 0.103. The summed E-state index contributed by atoms with van der Waals surface area (Å²) in [5.41, 5.74) is 15.7. The number of nitrogens with one attached hydrogen (secondary N) is 1. The van der Waals surface area contributed by atoms with E-state index in [1.807, 2.05) is 166 Å². The molecule has 13 rings (SSSR count). The topological polar surface area (TPSA) is 63.8 Å². The summed E-state index contributed by atoms with van der Waals surface area (Å²) in [5.74, 6) is 0. The van der Waals surface area contributed by atoms with Crippen LogP contribution in [0.25, 0.3) is 0 Å². The van der Waals surface area contributed by atoms with Gasteiger partial charge in [-0.05, 0) is 228 Å². The third kappa shape index (κ3) is 18.2. The molecule has 1 N–H and O–H groups in total. The van der Waals surface area contributed by atoms with Crippen molar-refractivity contribution in [3.05, 3.63) is 340 Å². The van der Waals surface area contributed by atoms with Gasteiger partial charge < -0.3 is 34.4 Å². The lowest BCUT2D eigenvalue weighted by Gasteiger charge is -2.30. The van der Waals surface area contributed by atoms with Gasteiger partial charge in [0, 0.05) is 92.8 Å². The van der Waals surface area contributed by atoms with Crippen molar-refractivity contribution in [1.29, 1.82) is 0 Å². The van der Waals surface area contributed by atoms with Gasteiger partial charge in [0.25, 0.3) is 0 Å². The minimum Gasteiger partial charge on any atom is -0.443 e. The molecule has 1 heterocycles. The highest BCUT2D eigenvalue weighted by Crippen LogP contribution is 2.41. The molecule has 9 nitrogen and oxygen atoms in total. The number of para-hydroxylation sites is 8. The van der Waals surface area contributed by atoms with Crippen molar-refractivity contribution in [2.45, 2.75) is 54.1 Å². The number of amides is 1. The molecule has 0 bridgehead atoms. The number of nitrogens with zero attached hydrogens (tertiary/aromatic N) is 5. The van der Waals surface area contributed by atoms with Crippen molar-refractivity contribution in [2.24, 2.45) is 0 Å². The number of rotatable bonds is 16.